The predicted molar refractivity (Wildman–Crippen MR) is 101 cm³/mol. The highest BCUT2D eigenvalue weighted by Gasteiger charge is 2.16. The zero-order chi connectivity index (χ0) is 21.4. The van der Waals surface area contributed by atoms with E-state index in [1.54, 1.807) is 0 Å². The lowest BCUT2D eigenvalue weighted by Crippen LogP contribution is -2.18. The molecule has 0 aliphatic carbocycles. The summed E-state index contributed by atoms with van der Waals surface area (Å²) in [5.41, 5.74) is 3.08. The van der Waals surface area contributed by atoms with Crippen molar-refractivity contribution in [1.29, 1.82) is 0 Å². The van der Waals surface area contributed by atoms with E-state index in [0.717, 1.165) is 0 Å². The molecule has 156 valence electrons. The van der Waals surface area contributed by atoms with E-state index in [1.165, 1.54) is 65.0 Å². The number of carbonyl (C=O) groups is 1. The Kier molecular flexibility index (Phi) is 7.58. The van der Waals surface area contributed by atoms with E-state index in [0.29, 0.717) is 22.8 Å². The van der Waals surface area contributed by atoms with Gasteiger partial charge in [-0.2, -0.15) is 13.9 Å². The fraction of sp³-hybridized carbons (Fsp3) is 0.263. The number of ether oxygens (including phenoxy) is 5. The normalized spacial score (nSPS) is 10.7. The molecule has 2 aromatic rings. The first-order chi connectivity index (χ1) is 13.9. The summed E-state index contributed by atoms with van der Waals surface area (Å²) in [7, 11) is 5.65. The van der Waals surface area contributed by atoms with Crippen LogP contribution in [0.25, 0.3) is 0 Å². The quantitative estimate of drug-likeness (QED) is 0.505. The minimum absolute atomic E-state index is 0.102. The van der Waals surface area contributed by atoms with Crippen molar-refractivity contribution in [3.63, 3.8) is 0 Å². The standard InChI is InChI=1S/C19H20F2N2O6/c1-25-14-7-11(5-6-13(14)29-19(20)21)10-22-23-18(24)12-8-15(26-2)17(28-4)16(9-12)27-3/h5-10,19H,1-4H3,(H,23,24)/b22-10+. The largest absolute Gasteiger partial charge is 0.493 e. The van der Waals surface area contributed by atoms with Crippen LogP contribution in [-0.2, 0) is 0 Å². The number of alkyl halides is 2. The molecule has 0 bridgehead atoms. The van der Waals surface area contributed by atoms with Crippen molar-refractivity contribution in [2.75, 3.05) is 28.4 Å². The Balaban J connectivity index is 2.15. The average molecular weight is 410 g/mol. The van der Waals surface area contributed by atoms with Crippen LogP contribution < -0.4 is 29.1 Å². The van der Waals surface area contributed by atoms with Crippen molar-refractivity contribution in [2.24, 2.45) is 5.10 Å². The first-order valence-electron chi connectivity index (χ1n) is 8.19. The summed E-state index contributed by atoms with van der Waals surface area (Å²) >= 11 is 0. The van der Waals surface area contributed by atoms with E-state index in [2.05, 4.69) is 15.3 Å². The van der Waals surface area contributed by atoms with Gasteiger partial charge in [-0.1, -0.05) is 0 Å². The molecule has 1 N–H and O–H groups in total. The average Bonchev–Trinajstić information content (AvgIpc) is 2.72. The SMILES string of the molecule is COc1cc(/C=N/NC(=O)c2cc(OC)c(OC)c(OC)c2)ccc1OC(F)F. The zero-order valence-corrected chi connectivity index (χ0v) is 16.2. The molecule has 0 aromatic heterocycles. The highest BCUT2D eigenvalue weighted by atomic mass is 19.3. The van der Waals surface area contributed by atoms with E-state index < -0.39 is 12.5 Å². The van der Waals surface area contributed by atoms with Crippen molar-refractivity contribution >= 4 is 12.1 Å². The van der Waals surface area contributed by atoms with E-state index >= 15 is 0 Å². The van der Waals surface area contributed by atoms with Gasteiger partial charge in [0.2, 0.25) is 5.75 Å². The fourth-order valence-electron chi connectivity index (χ4n) is 2.40. The number of hydrazone groups is 1. The van der Waals surface area contributed by atoms with Gasteiger partial charge in [0.15, 0.2) is 23.0 Å². The Morgan fingerprint density at radius 2 is 1.55 bits per heavy atom. The second-order valence-electron chi connectivity index (χ2n) is 5.40. The molecule has 0 radical (unpaired) electrons. The van der Waals surface area contributed by atoms with Crippen molar-refractivity contribution in [3.05, 3.63) is 41.5 Å². The number of hydrogen-bond donors (Lipinski definition) is 1. The molecule has 0 atom stereocenters. The highest BCUT2D eigenvalue weighted by Crippen LogP contribution is 2.38. The third-order valence-electron chi connectivity index (χ3n) is 3.71. The van der Waals surface area contributed by atoms with Crippen LogP contribution in [0.2, 0.25) is 0 Å². The van der Waals surface area contributed by atoms with E-state index in [1.807, 2.05) is 0 Å². The topological polar surface area (TPSA) is 87.6 Å². The Hall–Kier alpha value is -3.56. The zero-order valence-electron chi connectivity index (χ0n) is 16.2. The smallest absolute Gasteiger partial charge is 0.387 e. The Bertz CT molecular complexity index is 864. The molecule has 2 rings (SSSR count). The van der Waals surface area contributed by atoms with Crippen LogP contribution in [0.5, 0.6) is 28.7 Å². The molecular formula is C19H20F2N2O6. The molecular weight excluding hydrogens is 390 g/mol. The molecule has 0 heterocycles. The Morgan fingerprint density at radius 1 is 0.931 bits per heavy atom. The lowest BCUT2D eigenvalue weighted by molar-refractivity contribution is -0.0512. The maximum Gasteiger partial charge on any atom is 0.387 e. The van der Waals surface area contributed by atoms with Gasteiger partial charge in [-0.15, -0.1) is 0 Å². The minimum atomic E-state index is -2.97. The third-order valence-corrected chi connectivity index (χ3v) is 3.71. The van der Waals surface area contributed by atoms with Crippen LogP contribution in [-0.4, -0.2) is 47.2 Å². The van der Waals surface area contributed by atoms with Crippen LogP contribution in [0.1, 0.15) is 15.9 Å². The molecule has 8 nitrogen and oxygen atoms in total. The second kappa shape index (κ2) is 10.1. The van der Waals surface area contributed by atoms with Crippen molar-refractivity contribution < 1.29 is 37.3 Å². The fourth-order valence-corrected chi connectivity index (χ4v) is 2.40. The molecule has 0 spiro atoms. The molecule has 0 aliphatic heterocycles. The Labute approximate surface area is 166 Å². The maximum absolute atomic E-state index is 12.4. The maximum atomic E-state index is 12.4. The lowest BCUT2D eigenvalue weighted by Gasteiger charge is -2.13. The van der Waals surface area contributed by atoms with Crippen LogP contribution >= 0.6 is 0 Å². The van der Waals surface area contributed by atoms with Gasteiger partial charge in [-0.05, 0) is 35.9 Å². The first-order valence-corrected chi connectivity index (χ1v) is 8.19. The lowest BCUT2D eigenvalue weighted by atomic mass is 10.1. The summed E-state index contributed by atoms with van der Waals surface area (Å²) in [6, 6.07) is 7.19. The molecule has 29 heavy (non-hydrogen) atoms. The molecule has 2 aromatic carbocycles. The summed E-state index contributed by atoms with van der Waals surface area (Å²) in [5.74, 6) is 0.463. The van der Waals surface area contributed by atoms with E-state index in [4.69, 9.17) is 18.9 Å². The van der Waals surface area contributed by atoms with Crippen molar-refractivity contribution in [2.45, 2.75) is 6.61 Å². The van der Waals surface area contributed by atoms with Crippen LogP contribution in [0.15, 0.2) is 35.4 Å². The molecule has 1 amide bonds. The number of amides is 1. The van der Waals surface area contributed by atoms with Gasteiger partial charge in [0, 0.05) is 5.56 Å². The first kappa shape index (κ1) is 21.7. The number of nitrogens with zero attached hydrogens (tertiary/aromatic N) is 1. The number of carbonyl (C=O) groups excluding carboxylic acids is 1. The number of benzene rings is 2. The van der Waals surface area contributed by atoms with Gasteiger partial charge in [0.05, 0.1) is 34.7 Å². The predicted octanol–water partition coefficient (Wildman–Crippen LogP) is 3.09. The van der Waals surface area contributed by atoms with E-state index in [9.17, 15) is 13.6 Å². The number of methoxy groups -OCH3 is 4. The molecule has 0 unspecified atom stereocenters. The monoisotopic (exact) mass is 410 g/mol. The van der Waals surface area contributed by atoms with Gasteiger partial charge < -0.3 is 23.7 Å². The third kappa shape index (κ3) is 5.47. The van der Waals surface area contributed by atoms with Gasteiger partial charge in [0.25, 0.3) is 5.91 Å². The second-order valence-corrected chi connectivity index (χ2v) is 5.40. The van der Waals surface area contributed by atoms with Gasteiger partial charge in [-0.25, -0.2) is 5.43 Å². The molecule has 0 saturated carbocycles. The summed E-state index contributed by atoms with van der Waals surface area (Å²) in [6.07, 6.45) is 1.32. The molecule has 0 saturated heterocycles. The summed E-state index contributed by atoms with van der Waals surface area (Å²) < 4.78 is 49.7. The van der Waals surface area contributed by atoms with Crippen molar-refractivity contribution in [3.8, 4) is 28.7 Å². The van der Waals surface area contributed by atoms with E-state index in [-0.39, 0.29) is 17.1 Å². The molecule has 10 heteroatoms. The summed E-state index contributed by atoms with van der Waals surface area (Å²) in [4.78, 5) is 12.4. The van der Waals surface area contributed by atoms with Crippen LogP contribution in [0.4, 0.5) is 8.78 Å². The number of halogens is 2. The number of rotatable bonds is 9. The van der Waals surface area contributed by atoms with Crippen LogP contribution in [0, 0.1) is 0 Å². The molecule has 0 aliphatic rings. The van der Waals surface area contributed by atoms with Gasteiger partial charge in [-0.3, -0.25) is 4.79 Å². The van der Waals surface area contributed by atoms with Crippen molar-refractivity contribution in [1.82, 2.24) is 5.43 Å². The summed E-state index contributed by atoms with van der Waals surface area (Å²) in [5, 5.41) is 3.86. The molecule has 0 fully saturated rings. The summed E-state index contributed by atoms with van der Waals surface area (Å²) in [6.45, 7) is -2.97. The number of hydrogen-bond acceptors (Lipinski definition) is 7. The minimum Gasteiger partial charge on any atom is -0.493 e. The van der Waals surface area contributed by atoms with Crippen LogP contribution in [0.3, 0.4) is 0 Å². The highest BCUT2D eigenvalue weighted by molar-refractivity contribution is 5.96. The number of nitrogens with one attached hydrogen (secondary N) is 1. The van der Waals surface area contributed by atoms with Gasteiger partial charge >= 0.3 is 6.61 Å². The Morgan fingerprint density at radius 3 is 2.07 bits per heavy atom. The van der Waals surface area contributed by atoms with Gasteiger partial charge in [0.1, 0.15) is 0 Å².